The first-order chi connectivity index (χ1) is 10.7. The average Bonchev–Trinajstić information content (AvgIpc) is 2.99. The van der Waals surface area contributed by atoms with Crippen LogP contribution in [0.4, 0.5) is 16.3 Å². The van der Waals surface area contributed by atoms with E-state index in [2.05, 4.69) is 15.8 Å². The van der Waals surface area contributed by atoms with E-state index in [-0.39, 0.29) is 11.6 Å². The van der Waals surface area contributed by atoms with Crippen LogP contribution in [0.2, 0.25) is 0 Å². The molecule has 2 aromatic carbocycles. The molecule has 0 aliphatic carbocycles. The summed E-state index contributed by atoms with van der Waals surface area (Å²) in [6.45, 7) is 0. The number of phenolic OH excluding ortho intramolecular Hbond substituents is 1. The van der Waals surface area contributed by atoms with Gasteiger partial charge in [-0.3, -0.25) is 5.32 Å². The molecular weight excluding hydrogens is 282 g/mol. The number of hydrogen-bond donors (Lipinski definition) is 3. The number of aromatic nitrogens is 1. The van der Waals surface area contributed by atoms with Gasteiger partial charge in [0, 0.05) is 11.6 Å². The molecule has 0 fully saturated rings. The predicted molar refractivity (Wildman–Crippen MR) is 82.7 cm³/mol. The molecule has 110 valence electrons. The van der Waals surface area contributed by atoms with Crippen molar-refractivity contribution in [3.8, 4) is 17.1 Å². The molecule has 2 amide bonds. The molecule has 1 heterocycles. The normalized spacial score (nSPS) is 10.2. The molecule has 0 saturated heterocycles. The lowest BCUT2D eigenvalue weighted by atomic mass is 10.2. The number of phenols is 1. The lowest BCUT2D eigenvalue weighted by Crippen LogP contribution is -2.19. The van der Waals surface area contributed by atoms with Crippen molar-refractivity contribution in [1.82, 2.24) is 5.16 Å². The SMILES string of the molecule is O=C(Nc1cc(-c2ccccc2)on1)Nc1ccccc1O. The number of carbonyl (C=O) groups excluding carboxylic acids is 1. The van der Waals surface area contributed by atoms with Crippen molar-refractivity contribution in [3.63, 3.8) is 0 Å². The molecule has 3 N–H and O–H groups in total. The Morgan fingerprint density at radius 3 is 2.50 bits per heavy atom. The highest BCUT2D eigenvalue weighted by Gasteiger charge is 2.10. The van der Waals surface area contributed by atoms with Crippen molar-refractivity contribution in [3.05, 3.63) is 60.7 Å². The second-order valence-corrected chi connectivity index (χ2v) is 4.54. The van der Waals surface area contributed by atoms with Crippen LogP contribution in [0.3, 0.4) is 0 Å². The Hall–Kier alpha value is -3.28. The lowest BCUT2D eigenvalue weighted by Gasteiger charge is -2.06. The number of para-hydroxylation sites is 2. The zero-order valence-corrected chi connectivity index (χ0v) is 11.5. The number of urea groups is 1. The van der Waals surface area contributed by atoms with Gasteiger partial charge in [-0.2, -0.15) is 0 Å². The number of nitrogens with zero attached hydrogens (tertiary/aromatic N) is 1. The topological polar surface area (TPSA) is 87.4 Å². The van der Waals surface area contributed by atoms with Crippen molar-refractivity contribution in [2.45, 2.75) is 0 Å². The maximum absolute atomic E-state index is 11.9. The van der Waals surface area contributed by atoms with E-state index in [1.54, 1.807) is 24.3 Å². The van der Waals surface area contributed by atoms with Gasteiger partial charge in [0.05, 0.1) is 5.69 Å². The lowest BCUT2D eigenvalue weighted by molar-refractivity contribution is 0.261. The molecule has 3 aromatic rings. The van der Waals surface area contributed by atoms with Crippen LogP contribution in [0.15, 0.2) is 65.2 Å². The van der Waals surface area contributed by atoms with Crippen LogP contribution >= 0.6 is 0 Å². The van der Waals surface area contributed by atoms with E-state index in [1.807, 2.05) is 30.3 Å². The monoisotopic (exact) mass is 295 g/mol. The summed E-state index contributed by atoms with van der Waals surface area (Å²) in [7, 11) is 0. The van der Waals surface area contributed by atoms with Crippen LogP contribution in [0.1, 0.15) is 0 Å². The Kier molecular flexibility index (Phi) is 3.74. The van der Waals surface area contributed by atoms with Gasteiger partial charge in [-0.05, 0) is 12.1 Å². The van der Waals surface area contributed by atoms with E-state index in [0.29, 0.717) is 11.4 Å². The third-order valence-electron chi connectivity index (χ3n) is 2.96. The molecule has 0 saturated carbocycles. The van der Waals surface area contributed by atoms with E-state index in [0.717, 1.165) is 5.56 Å². The molecular formula is C16H13N3O3. The Morgan fingerprint density at radius 2 is 1.73 bits per heavy atom. The van der Waals surface area contributed by atoms with Gasteiger partial charge in [-0.1, -0.05) is 47.6 Å². The van der Waals surface area contributed by atoms with Crippen molar-refractivity contribution in [1.29, 1.82) is 0 Å². The summed E-state index contributed by atoms with van der Waals surface area (Å²) >= 11 is 0. The maximum Gasteiger partial charge on any atom is 0.325 e. The van der Waals surface area contributed by atoms with Gasteiger partial charge in [-0.15, -0.1) is 0 Å². The fourth-order valence-electron chi connectivity index (χ4n) is 1.92. The molecule has 0 radical (unpaired) electrons. The van der Waals surface area contributed by atoms with Crippen molar-refractivity contribution in [2.24, 2.45) is 0 Å². The van der Waals surface area contributed by atoms with E-state index in [1.165, 1.54) is 6.07 Å². The number of benzene rings is 2. The van der Waals surface area contributed by atoms with E-state index in [4.69, 9.17) is 4.52 Å². The van der Waals surface area contributed by atoms with Crippen LogP contribution < -0.4 is 10.6 Å². The smallest absolute Gasteiger partial charge is 0.325 e. The minimum absolute atomic E-state index is 0.0113. The first-order valence-corrected chi connectivity index (χ1v) is 6.60. The summed E-state index contributed by atoms with van der Waals surface area (Å²) in [5, 5.41) is 18.5. The summed E-state index contributed by atoms with van der Waals surface area (Å²) < 4.78 is 5.18. The highest BCUT2D eigenvalue weighted by molar-refractivity contribution is 6.00. The molecule has 0 aliphatic heterocycles. The van der Waals surface area contributed by atoms with Crippen LogP contribution in [-0.4, -0.2) is 16.3 Å². The highest BCUT2D eigenvalue weighted by Crippen LogP contribution is 2.23. The first-order valence-electron chi connectivity index (χ1n) is 6.60. The molecule has 3 rings (SSSR count). The second kappa shape index (κ2) is 6.01. The van der Waals surface area contributed by atoms with Gasteiger partial charge < -0.3 is 14.9 Å². The largest absolute Gasteiger partial charge is 0.506 e. The molecule has 0 spiro atoms. The Bertz CT molecular complexity index is 784. The molecule has 0 aliphatic rings. The number of anilines is 2. The maximum atomic E-state index is 11.9. The molecule has 22 heavy (non-hydrogen) atoms. The van der Waals surface area contributed by atoms with Gasteiger partial charge >= 0.3 is 6.03 Å². The van der Waals surface area contributed by atoms with Crippen molar-refractivity contribution in [2.75, 3.05) is 10.6 Å². The number of amides is 2. The molecule has 0 unspecified atom stereocenters. The summed E-state index contributed by atoms with van der Waals surface area (Å²) in [5.41, 5.74) is 1.18. The van der Waals surface area contributed by atoms with Crippen LogP contribution in [-0.2, 0) is 0 Å². The fraction of sp³-hybridized carbons (Fsp3) is 0. The standard InChI is InChI=1S/C16H13N3O3/c20-13-9-5-4-8-12(13)17-16(21)18-15-10-14(22-19-15)11-6-2-1-3-7-11/h1-10,20H,(H2,17,18,19,21). The predicted octanol–water partition coefficient (Wildman–Crippen LogP) is 3.69. The number of hydrogen-bond acceptors (Lipinski definition) is 4. The molecule has 0 atom stereocenters. The third-order valence-corrected chi connectivity index (χ3v) is 2.96. The fourth-order valence-corrected chi connectivity index (χ4v) is 1.92. The van der Waals surface area contributed by atoms with Gasteiger partial charge in [0.2, 0.25) is 0 Å². The summed E-state index contributed by atoms with van der Waals surface area (Å²) in [5.74, 6) is 0.827. The number of nitrogens with one attached hydrogen (secondary N) is 2. The van der Waals surface area contributed by atoms with Crippen LogP contribution in [0.25, 0.3) is 11.3 Å². The van der Waals surface area contributed by atoms with E-state index in [9.17, 15) is 9.90 Å². The Balaban J connectivity index is 1.68. The summed E-state index contributed by atoms with van der Waals surface area (Å²) in [4.78, 5) is 11.9. The molecule has 6 nitrogen and oxygen atoms in total. The number of aromatic hydroxyl groups is 1. The summed E-state index contributed by atoms with van der Waals surface area (Å²) in [6, 6.07) is 17.0. The van der Waals surface area contributed by atoms with Crippen LogP contribution in [0, 0.1) is 0 Å². The van der Waals surface area contributed by atoms with Crippen molar-refractivity contribution >= 4 is 17.5 Å². The zero-order chi connectivity index (χ0) is 15.4. The number of carbonyl (C=O) groups is 1. The Labute approximate surface area is 126 Å². The first kappa shape index (κ1) is 13.7. The third kappa shape index (κ3) is 3.06. The van der Waals surface area contributed by atoms with Gasteiger partial charge in [-0.25, -0.2) is 4.79 Å². The average molecular weight is 295 g/mol. The van der Waals surface area contributed by atoms with Gasteiger partial charge in [0.25, 0.3) is 0 Å². The molecule has 0 bridgehead atoms. The Morgan fingerprint density at radius 1 is 1.00 bits per heavy atom. The zero-order valence-electron chi connectivity index (χ0n) is 11.5. The van der Waals surface area contributed by atoms with E-state index >= 15 is 0 Å². The molecule has 6 heteroatoms. The quantitative estimate of drug-likeness (QED) is 0.643. The molecule has 1 aromatic heterocycles. The highest BCUT2D eigenvalue weighted by atomic mass is 16.5. The van der Waals surface area contributed by atoms with Crippen molar-refractivity contribution < 1.29 is 14.4 Å². The van der Waals surface area contributed by atoms with Gasteiger partial charge in [0.1, 0.15) is 5.75 Å². The van der Waals surface area contributed by atoms with Gasteiger partial charge in [0.15, 0.2) is 11.6 Å². The van der Waals surface area contributed by atoms with E-state index < -0.39 is 6.03 Å². The van der Waals surface area contributed by atoms with Crippen LogP contribution in [0.5, 0.6) is 5.75 Å². The minimum atomic E-state index is -0.519. The number of rotatable bonds is 3. The minimum Gasteiger partial charge on any atom is -0.506 e. The second-order valence-electron chi connectivity index (χ2n) is 4.54. The summed E-state index contributed by atoms with van der Waals surface area (Å²) in [6.07, 6.45) is 0.